The van der Waals surface area contributed by atoms with Crippen LogP contribution >= 0.6 is 0 Å². The first-order valence-electron chi connectivity index (χ1n) is 11.1. The molecular weight excluding hydrogens is 362 g/mol. The number of benzene rings is 1. The third kappa shape index (κ3) is 7.69. The third-order valence-corrected chi connectivity index (χ3v) is 5.61. The minimum atomic E-state index is 0.149. The Morgan fingerprint density at radius 1 is 1.21 bits per heavy atom. The highest BCUT2D eigenvalue weighted by molar-refractivity contribution is 5.86. The quantitative estimate of drug-likeness (QED) is 0.483. The van der Waals surface area contributed by atoms with E-state index in [0.29, 0.717) is 12.5 Å². The van der Waals surface area contributed by atoms with Crippen molar-refractivity contribution in [1.82, 2.24) is 20.0 Å². The number of likely N-dealkylation sites (N-methyl/N-ethyl adjacent to an activating group) is 2. The van der Waals surface area contributed by atoms with Crippen LogP contribution in [0.25, 0.3) is 0 Å². The molecule has 1 atom stereocenters. The number of carbonyl (C=O) groups excluding carboxylic acids is 1. The van der Waals surface area contributed by atoms with Gasteiger partial charge >= 0.3 is 0 Å². The highest BCUT2D eigenvalue weighted by Gasteiger charge is 2.22. The zero-order chi connectivity index (χ0) is 21.1. The molecule has 0 bridgehead atoms. The maximum atomic E-state index is 12.4. The molecule has 6 heteroatoms. The van der Waals surface area contributed by atoms with Gasteiger partial charge in [-0.1, -0.05) is 30.3 Å². The van der Waals surface area contributed by atoms with E-state index in [2.05, 4.69) is 47.5 Å². The molecule has 0 spiro atoms. The minimum Gasteiger partial charge on any atom is -0.357 e. The summed E-state index contributed by atoms with van der Waals surface area (Å²) in [6.45, 7) is 13.0. The molecule has 1 N–H and O–H groups in total. The molecule has 1 amide bonds. The minimum absolute atomic E-state index is 0.149. The van der Waals surface area contributed by atoms with Crippen molar-refractivity contribution in [3.05, 3.63) is 35.9 Å². The lowest BCUT2D eigenvalue weighted by Gasteiger charge is -2.26. The highest BCUT2D eigenvalue weighted by atomic mass is 16.2. The third-order valence-electron chi connectivity index (χ3n) is 5.61. The standard InChI is InChI=1S/C23H39N5O/c1-5-24-23(26(4)19-22(29)28(6-2)7-3)25-17-21-14-16-27(18-21)15-13-20-11-9-8-10-12-20/h8-12,21H,5-7,13-19H2,1-4H3,(H,24,25). The van der Waals surface area contributed by atoms with E-state index >= 15 is 0 Å². The Bertz CT molecular complexity index is 629. The molecule has 2 rings (SSSR count). The molecule has 0 saturated carbocycles. The van der Waals surface area contributed by atoms with Crippen molar-refractivity contribution in [2.75, 3.05) is 59.4 Å². The number of rotatable bonds is 10. The SMILES string of the molecule is CCNC(=NCC1CCN(CCc2ccccc2)C1)N(C)CC(=O)N(CC)CC. The Kier molecular flexibility index (Phi) is 9.98. The van der Waals surface area contributed by atoms with Gasteiger partial charge in [0.1, 0.15) is 0 Å². The first kappa shape index (κ1) is 23.2. The predicted molar refractivity (Wildman–Crippen MR) is 121 cm³/mol. The van der Waals surface area contributed by atoms with Crippen molar-refractivity contribution < 1.29 is 4.79 Å². The number of nitrogens with zero attached hydrogens (tertiary/aromatic N) is 4. The van der Waals surface area contributed by atoms with Gasteiger partial charge in [-0.3, -0.25) is 9.79 Å². The van der Waals surface area contributed by atoms with Gasteiger partial charge in [-0.2, -0.15) is 0 Å². The van der Waals surface area contributed by atoms with Gasteiger partial charge in [0, 0.05) is 46.3 Å². The predicted octanol–water partition coefficient (Wildman–Crippen LogP) is 2.32. The molecule has 1 fully saturated rings. The van der Waals surface area contributed by atoms with Gasteiger partial charge < -0.3 is 20.0 Å². The van der Waals surface area contributed by atoms with Gasteiger partial charge in [0.15, 0.2) is 5.96 Å². The fourth-order valence-electron chi connectivity index (χ4n) is 3.84. The maximum Gasteiger partial charge on any atom is 0.242 e. The van der Waals surface area contributed by atoms with Crippen molar-refractivity contribution in [3.63, 3.8) is 0 Å². The Labute approximate surface area is 177 Å². The zero-order valence-electron chi connectivity index (χ0n) is 18.7. The van der Waals surface area contributed by atoms with Crippen molar-refractivity contribution in [3.8, 4) is 0 Å². The van der Waals surface area contributed by atoms with E-state index in [4.69, 9.17) is 4.99 Å². The van der Waals surface area contributed by atoms with E-state index in [1.54, 1.807) is 0 Å². The van der Waals surface area contributed by atoms with Crippen LogP contribution < -0.4 is 5.32 Å². The van der Waals surface area contributed by atoms with Crippen LogP contribution in [0.15, 0.2) is 35.3 Å². The Morgan fingerprint density at radius 2 is 1.93 bits per heavy atom. The summed E-state index contributed by atoms with van der Waals surface area (Å²) in [5, 5.41) is 3.34. The van der Waals surface area contributed by atoms with E-state index in [1.165, 1.54) is 12.0 Å². The maximum absolute atomic E-state index is 12.4. The number of carbonyl (C=O) groups is 1. The van der Waals surface area contributed by atoms with E-state index in [9.17, 15) is 4.79 Å². The van der Waals surface area contributed by atoms with Gasteiger partial charge in [0.05, 0.1) is 6.54 Å². The van der Waals surface area contributed by atoms with Gasteiger partial charge in [-0.05, 0) is 51.6 Å². The van der Waals surface area contributed by atoms with Crippen LogP contribution in [0.3, 0.4) is 0 Å². The van der Waals surface area contributed by atoms with E-state index < -0.39 is 0 Å². The summed E-state index contributed by atoms with van der Waals surface area (Å²) in [6, 6.07) is 10.7. The molecule has 1 aromatic carbocycles. The second-order valence-electron chi connectivity index (χ2n) is 7.81. The first-order chi connectivity index (χ1) is 14.1. The van der Waals surface area contributed by atoms with Crippen LogP contribution in [-0.4, -0.2) is 86.0 Å². The average molecular weight is 402 g/mol. The lowest BCUT2D eigenvalue weighted by molar-refractivity contribution is -0.131. The smallest absolute Gasteiger partial charge is 0.242 e. The van der Waals surface area contributed by atoms with Crippen molar-refractivity contribution >= 4 is 11.9 Å². The molecule has 1 aliphatic heterocycles. The number of hydrogen-bond acceptors (Lipinski definition) is 3. The van der Waals surface area contributed by atoms with Gasteiger partial charge in [0.25, 0.3) is 0 Å². The second-order valence-corrected chi connectivity index (χ2v) is 7.81. The van der Waals surface area contributed by atoms with Gasteiger partial charge in [-0.15, -0.1) is 0 Å². The summed E-state index contributed by atoms with van der Waals surface area (Å²) >= 11 is 0. The number of guanidine groups is 1. The molecule has 1 heterocycles. The fraction of sp³-hybridized carbons (Fsp3) is 0.652. The molecule has 1 saturated heterocycles. The lowest BCUT2D eigenvalue weighted by Crippen LogP contribution is -2.45. The highest BCUT2D eigenvalue weighted by Crippen LogP contribution is 2.17. The zero-order valence-corrected chi connectivity index (χ0v) is 18.7. The van der Waals surface area contributed by atoms with Crippen LogP contribution in [0.1, 0.15) is 32.8 Å². The molecule has 29 heavy (non-hydrogen) atoms. The molecule has 1 unspecified atom stereocenters. The molecule has 1 aromatic rings. The van der Waals surface area contributed by atoms with E-state index in [1.807, 2.05) is 30.7 Å². The van der Waals surface area contributed by atoms with E-state index in [0.717, 1.165) is 58.2 Å². The largest absolute Gasteiger partial charge is 0.357 e. The summed E-state index contributed by atoms with van der Waals surface area (Å²) < 4.78 is 0. The monoisotopic (exact) mass is 401 g/mol. The fourth-order valence-corrected chi connectivity index (χ4v) is 3.84. The molecule has 0 aromatic heterocycles. The Balaban J connectivity index is 1.82. The van der Waals surface area contributed by atoms with Crippen LogP contribution in [0.5, 0.6) is 0 Å². The van der Waals surface area contributed by atoms with Gasteiger partial charge in [-0.25, -0.2) is 0 Å². The Hall–Kier alpha value is -2.08. The van der Waals surface area contributed by atoms with Crippen molar-refractivity contribution in [2.24, 2.45) is 10.9 Å². The van der Waals surface area contributed by atoms with E-state index in [-0.39, 0.29) is 5.91 Å². The summed E-state index contributed by atoms with van der Waals surface area (Å²) in [6.07, 6.45) is 2.30. The first-order valence-corrected chi connectivity index (χ1v) is 11.1. The number of aliphatic imine (C=N–C) groups is 1. The summed E-state index contributed by atoms with van der Waals surface area (Å²) in [7, 11) is 1.95. The summed E-state index contributed by atoms with van der Waals surface area (Å²) in [4.78, 5) is 23.6. The summed E-state index contributed by atoms with van der Waals surface area (Å²) in [5.41, 5.74) is 1.41. The molecule has 1 aliphatic rings. The second kappa shape index (κ2) is 12.5. The molecule has 162 valence electrons. The molecular formula is C23H39N5O. The topological polar surface area (TPSA) is 51.2 Å². The molecule has 0 aliphatic carbocycles. The van der Waals surface area contributed by atoms with Gasteiger partial charge in [0.2, 0.25) is 5.91 Å². The van der Waals surface area contributed by atoms with Crippen LogP contribution in [-0.2, 0) is 11.2 Å². The number of hydrogen-bond donors (Lipinski definition) is 1. The average Bonchev–Trinajstić information content (AvgIpc) is 3.19. The Morgan fingerprint density at radius 3 is 2.59 bits per heavy atom. The number of likely N-dealkylation sites (tertiary alicyclic amines) is 1. The van der Waals surface area contributed by atoms with Crippen molar-refractivity contribution in [1.29, 1.82) is 0 Å². The number of nitrogens with one attached hydrogen (secondary N) is 1. The number of amides is 1. The van der Waals surface area contributed by atoms with Crippen LogP contribution in [0, 0.1) is 5.92 Å². The molecule has 0 radical (unpaired) electrons. The lowest BCUT2D eigenvalue weighted by atomic mass is 10.1. The normalized spacial score (nSPS) is 17.4. The van der Waals surface area contributed by atoms with Crippen molar-refractivity contribution in [2.45, 2.75) is 33.6 Å². The van der Waals surface area contributed by atoms with Crippen LogP contribution in [0.2, 0.25) is 0 Å². The molecule has 6 nitrogen and oxygen atoms in total. The summed E-state index contributed by atoms with van der Waals surface area (Å²) in [5.74, 6) is 1.57. The van der Waals surface area contributed by atoms with Crippen LogP contribution in [0.4, 0.5) is 0 Å².